The van der Waals surface area contributed by atoms with Gasteiger partial charge in [0.05, 0.1) is 30.2 Å². The third-order valence-electron chi connectivity index (χ3n) is 5.06. The Morgan fingerprint density at radius 1 is 1.17 bits per heavy atom. The summed E-state index contributed by atoms with van der Waals surface area (Å²) >= 11 is 5.25. The van der Waals surface area contributed by atoms with E-state index in [4.69, 9.17) is 22.7 Å². The Hall–Kier alpha value is -3.26. The van der Waals surface area contributed by atoms with Crippen LogP contribution in [0.4, 0.5) is 0 Å². The second-order valence-corrected chi connectivity index (χ2v) is 7.42. The number of ether oxygens (including phenoxy) is 1. The molecule has 8 heteroatoms. The van der Waals surface area contributed by atoms with Crippen LogP contribution in [-0.4, -0.2) is 37.9 Å². The Morgan fingerprint density at radius 2 is 1.93 bits per heavy atom. The molecular formula is C21H22N6OS. The molecule has 0 saturated carbocycles. The Morgan fingerprint density at radius 3 is 2.62 bits per heavy atom. The summed E-state index contributed by atoms with van der Waals surface area (Å²) in [5, 5.41) is 15.3. The summed E-state index contributed by atoms with van der Waals surface area (Å²) < 4.78 is 7.18. The molecule has 0 aliphatic carbocycles. The topological polar surface area (TPSA) is 81.6 Å². The number of benzene rings is 2. The monoisotopic (exact) mass is 406 g/mol. The van der Waals surface area contributed by atoms with Crippen molar-refractivity contribution in [1.82, 2.24) is 20.0 Å². The van der Waals surface area contributed by atoms with Gasteiger partial charge < -0.3 is 10.5 Å². The van der Waals surface area contributed by atoms with Gasteiger partial charge in [0, 0.05) is 6.42 Å². The molecule has 0 amide bonds. The second-order valence-electron chi connectivity index (χ2n) is 7.00. The highest BCUT2D eigenvalue weighted by Gasteiger charge is 2.33. The van der Waals surface area contributed by atoms with E-state index < -0.39 is 0 Å². The minimum Gasteiger partial charge on any atom is -0.497 e. The molecule has 0 radical (unpaired) electrons. The lowest BCUT2D eigenvalue weighted by molar-refractivity contribution is 0.369. The van der Waals surface area contributed by atoms with Crippen LogP contribution in [0, 0.1) is 13.8 Å². The van der Waals surface area contributed by atoms with E-state index in [1.807, 2.05) is 48.0 Å². The Balaban J connectivity index is 1.68. The van der Waals surface area contributed by atoms with Crippen LogP contribution >= 0.6 is 12.2 Å². The van der Waals surface area contributed by atoms with Crippen molar-refractivity contribution in [2.45, 2.75) is 26.3 Å². The normalized spacial score (nSPS) is 16.0. The predicted octanol–water partition coefficient (Wildman–Crippen LogP) is 3.29. The van der Waals surface area contributed by atoms with Crippen LogP contribution in [0.2, 0.25) is 0 Å². The minimum atomic E-state index is -0.110. The first-order valence-electron chi connectivity index (χ1n) is 9.27. The molecule has 148 valence electrons. The van der Waals surface area contributed by atoms with E-state index in [0.29, 0.717) is 6.42 Å². The molecule has 2 N–H and O–H groups in total. The summed E-state index contributed by atoms with van der Waals surface area (Å²) in [6.45, 7) is 4.04. The fourth-order valence-corrected chi connectivity index (χ4v) is 3.66. The Bertz CT molecular complexity index is 1090. The van der Waals surface area contributed by atoms with Gasteiger partial charge in [0.25, 0.3) is 0 Å². The molecule has 0 unspecified atom stereocenters. The molecule has 29 heavy (non-hydrogen) atoms. The van der Waals surface area contributed by atoms with Crippen LogP contribution in [0.5, 0.6) is 5.75 Å². The highest BCUT2D eigenvalue weighted by molar-refractivity contribution is 7.80. The molecule has 2 aromatic carbocycles. The summed E-state index contributed by atoms with van der Waals surface area (Å²) in [6.07, 6.45) is 0.623. The van der Waals surface area contributed by atoms with Crippen molar-refractivity contribution in [1.29, 1.82) is 0 Å². The highest BCUT2D eigenvalue weighted by atomic mass is 32.1. The van der Waals surface area contributed by atoms with Gasteiger partial charge in [0.15, 0.2) is 5.11 Å². The number of thiocarbonyl (C=S) groups is 1. The van der Waals surface area contributed by atoms with E-state index in [-0.39, 0.29) is 11.2 Å². The maximum absolute atomic E-state index is 5.96. The maximum Gasteiger partial charge on any atom is 0.187 e. The van der Waals surface area contributed by atoms with E-state index in [2.05, 4.69) is 34.5 Å². The van der Waals surface area contributed by atoms with Gasteiger partial charge in [0.2, 0.25) is 0 Å². The van der Waals surface area contributed by atoms with Crippen LogP contribution in [0.1, 0.15) is 35.0 Å². The quantitative estimate of drug-likeness (QED) is 0.670. The van der Waals surface area contributed by atoms with Crippen molar-refractivity contribution in [3.63, 3.8) is 0 Å². The maximum atomic E-state index is 5.96. The zero-order valence-corrected chi connectivity index (χ0v) is 17.3. The number of methoxy groups -OCH3 is 1. The van der Waals surface area contributed by atoms with Gasteiger partial charge in [-0.1, -0.05) is 35.0 Å². The van der Waals surface area contributed by atoms with Gasteiger partial charge in [0.1, 0.15) is 11.4 Å². The van der Waals surface area contributed by atoms with Gasteiger partial charge in [-0.3, -0.25) is 0 Å². The number of aryl methyl sites for hydroxylation is 1. The van der Waals surface area contributed by atoms with E-state index in [1.54, 1.807) is 12.1 Å². The molecule has 2 heterocycles. The van der Waals surface area contributed by atoms with Crippen molar-refractivity contribution in [3.8, 4) is 11.4 Å². The molecule has 0 fully saturated rings. The van der Waals surface area contributed by atoms with Crippen LogP contribution in [0.15, 0.2) is 53.6 Å². The third kappa shape index (κ3) is 3.58. The fourth-order valence-electron chi connectivity index (χ4n) is 3.49. The number of nitrogens with two attached hydrogens (primary N) is 1. The van der Waals surface area contributed by atoms with Gasteiger partial charge in [-0.05, 0) is 55.9 Å². The number of hydrogen-bond acceptors (Lipinski definition) is 5. The van der Waals surface area contributed by atoms with Crippen LogP contribution < -0.4 is 10.5 Å². The molecule has 1 aliphatic heterocycles. The summed E-state index contributed by atoms with van der Waals surface area (Å²) in [7, 11) is 1.65. The van der Waals surface area contributed by atoms with Crippen molar-refractivity contribution < 1.29 is 4.74 Å². The summed E-state index contributed by atoms with van der Waals surface area (Å²) in [5.74, 6) is 0.778. The zero-order chi connectivity index (χ0) is 20.5. The number of hydrogen-bond donors (Lipinski definition) is 1. The van der Waals surface area contributed by atoms with Gasteiger partial charge in [-0.15, -0.1) is 5.10 Å². The van der Waals surface area contributed by atoms with Gasteiger partial charge in [-0.2, -0.15) is 5.10 Å². The number of aromatic nitrogens is 3. The number of rotatable bonds is 4. The standard InChI is InChI=1S/C21H22N6OS/c1-13-7-9-16(10-8-13)26-14(2)20(23-25-26)18-12-19(27(24-18)21(22)29)15-5-4-6-17(11-15)28-3/h4-11,19H,12H2,1-3H3,(H2,22,29)/t19-/m1/s1. The fraction of sp³-hybridized carbons (Fsp3) is 0.238. The summed E-state index contributed by atoms with van der Waals surface area (Å²) in [4.78, 5) is 0. The van der Waals surface area contributed by atoms with Crippen molar-refractivity contribution in [2.75, 3.05) is 7.11 Å². The summed E-state index contributed by atoms with van der Waals surface area (Å²) in [5.41, 5.74) is 11.6. The molecule has 1 aliphatic rings. The second kappa shape index (κ2) is 7.63. The molecule has 7 nitrogen and oxygen atoms in total. The Labute approximate surface area is 174 Å². The number of nitrogens with zero attached hydrogens (tertiary/aromatic N) is 5. The third-order valence-corrected chi connectivity index (χ3v) is 5.25. The Kier molecular flexibility index (Phi) is 5.02. The van der Waals surface area contributed by atoms with Crippen LogP contribution in [0.3, 0.4) is 0 Å². The van der Waals surface area contributed by atoms with E-state index in [0.717, 1.165) is 34.1 Å². The zero-order valence-electron chi connectivity index (χ0n) is 16.5. The first-order valence-corrected chi connectivity index (χ1v) is 9.68. The van der Waals surface area contributed by atoms with Gasteiger partial charge >= 0.3 is 0 Å². The lowest BCUT2D eigenvalue weighted by atomic mass is 10.00. The lowest BCUT2D eigenvalue weighted by Gasteiger charge is -2.22. The first-order chi connectivity index (χ1) is 14.0. The molecule has 3 aromatic rings. The van der Waals surface area contributed by atoms with E-state index >= 15 is 0 Å². The SMILES string of the molecule is COc1cccc([C@H]2CC(c3nnn(-c4ccc(C)cc4)c3C)=NN2C(N)=S)c1. The molecule has 0 bridgehead atoms. The molecule has 1 atom stereocenters. The summed E-state index contributed by atoms with van der Waals surface area (Å²) in [6, 6.07) is 15.9. The van der Waals surface area contributed by atoms with Crippen molar-refractivity contribution in [2.24, 2.45) is 10.8 Å². The number of hydrazone groups is 1. The van der Waals surface area contributed by atoms with E-state index in [1.165, 1.54) is 5.56 Å². The molecule has 4 rings (SSSR count). The van der Waals surface area contributed by atoms with Crippen LogP contribution in [-0.2, 0) is 0 Å². The molecule has 1 aromatic heterocycles. The minimum absolute atomic E-state index is 0.110. The van der Waals surface area contributed by atoms with E-state index in [9.17, 15) is 0 Å². The van der Waals surface area contributed by atoms with Crippen LogP contribution in [0.25, 0.3) is 5.69 Å². The average Bonchev–Trinajstić information content (AvgIpc) is 3.33. The van der Waals surface area contributed by atoms with Gasteiger partial charge in [-0.25, -0.2) is 9.69 Å². The largest absolute Gasteiger partial charge is 0.497 e. The van der Waals surface area contributed by atoms with Crippen molar-refractivity contribution in [3.05, 3.63) is 71.0 Å². The lowest BCUT2D eigenvalue weighted by Crippen LogP contribution is -2.31. The first kappa shape index (κ1) is 19.1. The highest BCUT2D eigenvalue weighted by Crippen LogP contribution is 2.34. The van der Waals surface area contributed by atoms with Crippen molar-refractivity contribution >= 4 is 23.0 Å². The predicted molar refractivity (Wildman–Crippen MR) is 116 cm³/mol. The average molecular weight is 407 g/mol. The smallest absolute Gasteiger partial charge is 0.187 e. The molecule has 0 spiro atoms. The molecule has 0 saturated heterocycles. The molecular weight excluding hydrogens is 384 g/mol.